The summed E-state index contributed by atoms with van der Waals surface area (Å²) in [6.07, 6.45) is 0. The van der Waals surface area contributed by atoms with Gasteiger partial charge in [0.25, 0.3) is 0 Å². The first-order chi connectivity index (χ1) is 49.6. The molecule has 0 fully saturated rings. The highest BCUT2D eigenvalue weighted by molar-refractivity contribution is 6.15. The summed E-state index contributed by atoms with van der Waals surface area (Å²) >= 11 is 0. The minimum absolute atomic E-state index is 1.16. The lowest BCUT2D eigenvalue weighted by Gasteiger charge is -2.11. The maximum Gasteiger partial charge on any atom is 0.0541 e. The lowest BCUT2D eigenvalue weighted by Crippen LogP contribution is -1.94. The number of hydrogen-bond donors (Lipinski definition) is 0. The van der Waals surface area contributed by atoms with E-state index in [2.05, 4.69) is 407 Å². The molecule has 4 nitrogen and oxygen atoms in total. The zero-order chi connectivity index (χ0) is 66.0. The van der Waals surface area contributed by atoms with Crippen LogP contribution in [0.3, 0.4) is 0 Å². The van der Waals surface area contributed by atoms with E-state index in [9.17, 15) is 0 Å². The van der Waals surface area contributed by atoms with Crippen LogP contribution in [0.4, 0.5) is 0 Å². The van der Waals surface area contributed by atoms with E-state index in [4.69, 9.17) is 0 Å². The van der Waals surface area contributed by atoms with Gasteiger partial charge in [-0.1, -0.05) is 267 Å². The molecule has 0 saturated heterocycles. The number of hydrogen-bond acceptors (Lipinski definition) is 0. The van der Waals surface area contributed by atoms with Crippen molar-refractivity contribution < 1.29 is 0 Å². The Morgan fingerprint density at radius 2 is 0.310 bits per heavy atom. The minimum Gasteiger partial charge on any atom is -0.309 e. The summed E-state index contributed by atoms with van der Waals surface area (Å²) in [5.74, 6) is 0. The van der Waals surface area contributed by atoms with Crippen LogP contribution in [0.5, 0.6) is 0 Å². The third kappa shape index (κ3) is 10.1. The number of fused-ring (bicyclic) bond motifs is 12. The fourth-order valence-electron chi connectivity index (χ4n) is 15.5. The highest BCUT2D eigenvalue weighted by Crippen LogP contribution is 2.42. The van der Waals surface area contributed by atoms with Gasteiger partial charge in [0.2, 0.25) is 0 Å². The van der Waals surface area contributed by atoms with E-state index in [-0.39, 0.29) is 0 Å². The summed E-state index contributed by atoms with van der Waals surface area (Å²) in [4.78, 5) is 0. The molecule has 0 unspecified atom stereocenters. The number of nitrogens with zero attached hydrogens (tertiary/aromatic N) is 4. The molecule has 0 atom stereocenters. The maximum atomic E-state index is 2.40. The predicted octanol–water partition coefficient (Wildman–Crippen LogP) is 25.8. The Bertz CT molecular complexity index is 6070. The molecular formula is C96H64N4. The van der Waals surface area contributed by atoms with Gasteiger partial charge in [0.15, 0.2) is 0 Å². The first-order valence-corrected chi connectivity index (χ1v) is 34.4. The Kier molecular flexibility index (Phi) is 14.2. The molecule has 20 aromatic rings. The third-order valence-corrected chi connectivity index (χ3v) is 20.2. The van der Waals surface area contributed by atoms with Gasteiger partial charge in [-0.2, -0.15) is 0 Å². The Labute approximate surface area is 579 Å². The van der Waals surface area contributed by atoms with Crippen molar-refractivity contribution in [2.75, 3.05) is 0 Å². The molecule has 20 rings (SSSR count). The van der Waals surface area contributed by atoms with Gasteiger partial charge < -0.3 is 18.3 Å². The summed E-state index contributed by atoms with van der Waals surface area (Å²) in [7, 11) is 0. The van der Waals surface area contributed by atoms with E-state index >= 15 is 0 Å². The van der Waals surface area contributed by atoms with Crippen LogP contribution in [0.2, 0.25) is 0 Å². The first-order valence-electron chi connectivity index (χ1n) is 34.4. The second-order valence-electron chi connectivity index (χ2n) is 26.0. The molecule has 0 N–H and O–H groups in total. The molecule has 0 radical (unpaired) electrons. The highest BCUT2D eigenvalue weighted by atomic mass is 15.0. The van der Waals surface area contributed by atoms with Gasteiger partial charge in [0.05, 0.1) is 44.1 Å². The number of para-hydroxylation sites is 4. The highest BCUT2D eigenvalue weighted by Gasteiger charge is 2.20. The average Bonchev–Trinajstić information content (AvgIpc) is 1.61. The van der Waals surface area contributed by atoms with Crippen LogP contribution in [-0.2, 0) is 0 Å². The summed E-state index contributed by atoms with van der Waals surface area (Å²) in [6, 6.07) is 141. The fourth-order valence-corrected chi connectivity index (χ4v) is 15.5. The minimum atomic E-state index is 1.16. The number of benzene rings is 16. The van der Waals surface area contributed by atoms with Gasteiger partial charge in [0.1, 0.15) is 0 Å². The van der Waals surface area contributed by atoms with Gasteiger partial charge in [-0.25, -0.2) is 0 Å². The van der Waals surface area contributed by atoms with Crippen molar-refractivity contribution in [3.63, 3.8) is 0 Å². The molecule has 0 spiro atoms. The summed E-state index contributed by atoms with van der Waals surface area (Å²) < 4.78 is 9.59. The molecule has 16 aromatic carbocycles. The van der Waals surface area contributed by atoms with Crippen molar-refractivity contribution >= 4 is 87.2 Å². The first kappa shape index (κ1) is 58.1. The van der Waals surface area contributed by atoms with Crippen molar-refractivity contribution in [2.24, 2.45) is 0 Å². The van der Waals surface area contributed by atoms with Crippen LogP contribution in [-0.4, -0.2) is 18.3 Å². The standard InChI is InChI=1S/2C48H32N2/c1-3-13-33(14-4-1)35-17-11-19-39(29-35)49-45-23-9-7-21-41(45)43-31-37(25-27-47(43)49)38-26-28-48-44(32-38)42-22-8-10-24-46(42)50(48)40-20-12-18-36(30-40)34-15-5-2-6-16-34;1-3-11-33(12-4-1)35-19-25-39(26-20-35)49-45-17-9-7-15-41(45)43-31-37(23-29-47(43)49)38-24-30-48-44(32-38)42-16-8-10-18-46(42)50(48)40-27-21-36(22-28-40)34-13-5-2-6-14-34/h2*1-32H. The number of aromatic nitrogens is 4. The SMILES string of the molecule is c1ccc(-c2ccc(-n3c4ccccc4c4cc(-c5ccc6c(c5)c5ccccc5n6-c5ccc(-c6ccccc6)cc5)ccc43)cc2)cc1.c1ccc(-c2cccc(-n3c4ccccc4c4cc(-c5ccc6c(c5)c5ccccc5n6-c5cccc(-c6ccccc6)c5)ccc43)c2)cc1. The van der Waals surface area contributed by atoms with Crippen LogP contribution in [0.15, 0.2) is 388 Å². The van der Waals surface area contributed by atoms with Crippen LogP contribution < -0.4 is 0 Å². The van der Waals surface area contributed by atoms with Gasteiger partial charge in [-0.15, -0.1) is 0 Å². The summed E-state index contributed by atoms with van der Waals surface area (Å²) in [6.45, 7) is 0. The molecule has 468 valence electrons. The van der Waals surface area contributed by atoms with E-state index in [0.29, 0.717) is 0 Å². The zero-order valence-corrected chi connectivity index (χ0v) is 54.7. The quantitative estimate of drug-likeness (QED) is 0.130. The fraction of sp³-hybridized carbons (Fsp3) is 0. The largest absolute Gasteiger partial charge is 0.309 e. The van der Waals surface area contributed by atoms with Gasteiger partial charge in [-0.3, -0.25) is 0 Å². The molecule has 4 heterocycles. The second kappa shape index (κ2) is 24.4. The van der Waals surface area contributed by atoms with Crippen molar-refractivity contribution in [1.82, 2.24) is 18.3 Å². The molecule has 0 saturated carbocycles. The summed E-state index contributed by atoms with van der Waals surface area (Å²) in [5.41, 5.74) is 28.9. The third-order valence-electron chi connectivity index (χ3n) is 20.2. The van der Waals surface area contributed by atoms with Crippen molar-refractivity contribution in [2.45, 2.75) is 0 Å². The molecule has 4 aromatic heterocycles. The topological polar surface area (TPSA) is 19.7 Å². The van der Waals surface area contributed by atoms with Crippen LogP contribution in [0.1, 0.15) is 0 Å². The molecule has 100 heavy (non-hydrogen) atoms. The Hall–Kier alpha value is -13.3. The monoisotopic (exact) mass is 1270 g/mol. The second-order valence-corrected chi connectivity index (χ2v) is 26.0. The maximum absolute atomic E-state index is 2.40. The zero-order valence-electron chi connectivity index (χ0n) is 54.7. The van der Waals surface area contributed by atoms with E-state index in [0.717, 1.165) is 22.7 Å². The van der Waals surface area contributed by atoms with E-state index in [1.807, 2.05) is 0 Å². The van der Waals surface area contributed by atoms with Gasteiger partial charge in [-0.05, 0) is 188 Å². The molecule has 4 heteroatoms. The number of rotatable bonds is 10. The van der Waals surface area contributed by atoms with Crippen molar-refractivity contribution in [3.8, 4) is 89.5 Å². The van der Waals surface area contributed by atoms with E-state index < -0.39 is 0 Å². The lowest BCUT2D eigenvalue weighted by atomic mass is 10.0. The van der Waals surface area contributed by atoms with Crippen molar-refractivity contribution in [1.29, 1.82) is 0 Å². The molecule has 0 amide bonds. The molecular weight excluding hydrogens is 1210 g/mol. The van der Waals surface area contributed by atoms with Crippen molar-refractivity contribution in [3.05, 3.63) is 388 Å². The Morgan fingerprint density at radius 3 is 0.600 bits per heavy atom. The van der Waals surface area contributed by atoms with Gasteiger partial charge >= 0.3 is 0 Å². The van der Waals surface area contributed by atoms with E-state index in [1.165, 1.54) is 154 Å². The van der Waals surface area contributed by atoms with E-state index in [1.54, 1.807) is 0 Å². The lowest BCUT2D eigenvalue weighted by molar-refractivity contribution is 1.18. The van der Waals surface area contributed by atoms with Crippen LogP contribution in [0.25, 0.3) is 177 Å². The molecule has 0 aliphatic carbocycles. The average molecular weight is 1270 g/mol. The molecule has 0 aliphatic rings. The Balaban J connectivity index is 0.000000139. The van der Waals surface area contributed by atoms with Crippen LogP contribution >= 0.6 is 0 Å². The van der Waals surface area contributed by atoms with Gasteiger partial charge in [0, 0.05) is 65.8 Å². The Morgan fingerprint density at radius 1 is 0.110 bits per heavy atom. The normalized spacial score (nSPS) is 11.6. The molecule has 0 aliphatic heterocycles. The predicted molar refractivity (Wildman–Crippen MR) is 423 cm³/mol. The smallest absolute Gasteiger partial charge is 0.0541 e. The summed E-state index contributed by atoms with van der Waals surface area (Å²) in [5, 5.41) is 10.0. The molecule has 0 bridgehead atoms. The van der Waals surface area contributed by atoms with Crippen LogP contribution in [0, 0.1) is 0 Å².